The Labute approximate surface area is 134 Å². The Kier molecular flexibility index (Phi) is 3.78. The minimum Gasteiger partial charge on any atom is -0.0955 e. The smallest absolute Gasteiger partial charge is 0.0120 e. The van der Waals surface area contributed by atoms with Gasteiger partial charge in [0.05, 0.1) is 0 Å². The monoisotopic (exact) mass is 288 g/mol. The fourth-order valence-electron chi connectivity index (χ4n) is 3.71. The van der Waals surface area contributed by atoms with Gasteiger partial charge in [0.15, 0.2) is 0 Å². The molecular formula is C22H24. The Bertz CT molecular complexity index is 774. The van der Waals surface area contributed by atoms with Crippen LogP contribution in [0.4, 0.5) is 0 Å². The minimum absolute atomic E-state index is 0.589. The topological polar surface area (TPSA) is 0 Å². The number of rotatable bonds is 2. The molecule has 0 spiro atoms. The third-order valence-corrected chi connectivity index (χ3v) is 4.71. The summed E-state index contributed by atoms with van der Waals surface area (Å²) in [5.74, 6) is 0.589. The highest BCUT2D eigenvalue weighted by Gasteiger charge is 2.26. The Hall–Kier alpha value is -2.08. The van der Waals surface area contributed by atoms with Crippen molar-refractivity contribution in [1.82, 2.24) is 0 Å². The molecule has 0 heteroatoms. The summed E-state index contributed by atoms with van der Waals surface area (Å²) in [5, 5.41) is 0. The summed E-state index contributed by atoms with van der Waals surface area (Å²) < 4.78 is 0. The van der Waals surface area contributed by atoms with Crippen LogP contribution < -0.4 is 0 Å². The highest BCUT2D eigenvalue weighted by atomic mass is 14.3. The Morgan fingerprint density at radius 2 is 1.82 bits per heavy atom. The standard InChI is InChI=1S/C22H24/c1-14(2)22(19-11-10-15(3)12-16(19)4)21-13-17(5)18-8-6-7-9-20(18)21/h6-12,17H,1,13H2,2-5H3/b22-21+. The van der Waals surface area contributed by atoms with Gasteiger partial charge in [-0.3, -0.25) is 0 Å². The third-order valence-electron chi connectivity index (χ3n) is 4.71. The average molecular weight is 288 g/mol. The van der Waals surface area contributed by atoms with Crippen LogP contribution in [0.3, 0.4) is 0 Å². The predicted octanol–water partition coefficient (Wildman–Crippen LogP) is 6.30. The quantitative estimate of drug-likeness (QED) is 0.608. The van der Waals surface area contributed by atoms with Crippen LogP contribution in [0.1, 0.15) is 54.0 Å². The normalized spacial score (nSPS) is 19.0. The summed E-state index contributed by atoms with van der Waals surface area (Å²) in [6, 6.07) is 15.6. The zero-order chi connectivity index (χ0) is 15.9. The van der Waals surface area contributed by atoms with Gasteiger partial charge in [-0.15, -0.1) is 0 Å². The van der Waals surface area contributed by atoms with Gasteiger partial charge < -0.3 is 0 Å². The molecule has 0 aliphatic heterocycles. The maximum Gasteiger partial charge on any atom is -0.0120 e. The number of benzene rings is 2. The molecule has 112 valence electrons. The molecule has 0 amide bonds. The zero-order valence-electron chi connectivity index (χ0n) is 14.0. The first kappa shape index (κ1) is 14.8. The van der Waals surface area contributed by atoms with Crippen molar-refractivity contribution < 1.29 is 0 Å². The van der Waals surface area contributed by atoms with Crippen molar-refractivity contribution in [2.45, 2.75) is 40.0 Å². The number of aryl methyl sites for hydroxylation is 2. The van der Waals surface area contributed by atoms with Gasteiger partial charge in [0.2, 0.25) is 0 Å². The molecule has 0 N–H and O–H groups in total. The third kappa shape index (κ3) is 2.43. The first-order chi connectivity index (χ1) is 10.5. The van der Waals surface area contributed by atoms with Crippen LogP contribution in [0.2, 0.25) is 0 Å². The molecule has 22 heavy (non-hydrogen) atoms. The molecule has 0 saturated carbocycles. The van der Waals surface area contributed by atoms with E-state index in [-0.39, 0.29) is 0 Å². The van der Waals surface area contributed by atoms with E-state index in [1.165, 1.54) is 39.0 Å². The predicted molar refractivity (Wildman–Crippen MR) is 97.0 cm³/mol. The van der Waals surface area contributed by atoms with Gasteiger partial charge in [0, 0.05) is 0 Å². The molecule has 2 aromatic carbocycles. The van der Waals surface area contributed by atoms with Gasteiger partial charge >= 0.3 is 0 Å². The van der Waals surface area contributed by atoms with E-state index in [2.05, 4.69) is 76.7 Å². The lowest BCUT2D eigenvalue weighted by Crippen LogP contribution is -1.95. The second-order valence-corrected chi connectivity index (χ2v) is 6.64. The van der Waals surface area contributed by atoms with Crippen LogP contribution in [0.5, 0.6) is 0 Å². The molecule has 3 rings (SSSR count). The lowest BCUT2D eigenvalue weighted by atomic mass is 9.88. The SMILES string of the molecule is C=C(C)/C(=C1/CC(C)c2ccccc21)c1ccc(C)cc1C. The molecule has 1 unspecified atom stereocenters. The number of allylic oxidation sites excluding steroid dienone is 3. The van der Waals surface area contributed by atoms with E-state index in [9.17, 15) is 0 Å². The van der Waals surface area contributed by atoms with Crippen LogP contribution in [0.15, 0.2) is 54.6 Å². The van der Waals surface area contributed by atoms with Crippen LogP contribution in [-0.4, -0.2) is 0 Å². The van der Waals surface area contributed by atoms with Crippen LogP contribution in [-0.2, 0) is 0 Å². The first-order valence-corrected chi connectivity index (χ1v) is 8.05. The van der Waals surface area contributed by atoms with E-state index in [4.69, 9.17) is 0 Å². The number of hydrogen-bond donors (Lipinski definition) is 0. The number of fused-ring (bicyclic) bond motifs is 1. The second-order valence-electron chi connectivity index (χ2n) is 6.64. The molecule has 0 fully saturated rings. The summed E-state index contributed by atoms with van der Waals surface area (Å²) in [5.41, 5.74) is 10.8. The fraction of sp³-hybridized carbons (Fsp3) is 0.273. The van der Waals surface area contributed by atoms with Gasteiger partial charge in [0.1, 0.15) is 0 Å². The van der Waals surface area contributed by atoms with Gasteiger partial charge in [-0.25, -0.2) is 0 Å². The summed E-state index contributed by atoms with van der Waals surface area (Å²) in [7, 11) is 0. The van der Waals surface area contributed by atoms with Crippen LogP contribution >= 0.6 is 0 Å². The van der Waals surface area contributed by atoms with Crippen molar-refractivity contribution in [3.05, 3.63) is 82.4 Å². The van der Waals surface area contributed by atoms with E-state index < -0.39 is 0 Å². The maximum absolute atomic E-state index is 4.28. The minimum atomic E-state index is 0.589. The molecule has 1 aliphatic carbocycles. The Morgan fingerprint density at radius 3 is 2.50 bits per heavy atom. The van der Waals surface area contributed by atoms with Gasteiger partial charge in [0.25, 0.3) is 0 Å². The molecule has 0 heterocycles. The van der Waals surface area contributed by atoms with Gasteiger partial charge in [-0.2, -0.15) is 0 Å². The average Bonchev–Trinajstić information content (AvgIpc) is 2.79. The van der Waals surface area contributed by atoms with E-state index in [0.717, 1.165) is 12.0 Å². The summed E-state index contributed by atoms with van der Waals surface area (Å²) in [6.45, 7) is 13.1. The molecule has 0 bridgehead atoms. The van der Waals surface area contributed by atoms with Gasteiger partial charge in [-0.05, 0) is 66.5 Å². The molecule has 0 saturated heterocycles. The largest absolute Gasteiger partial charge is 0.0955 e. The molecule has 0 aromatic heterocycles. The molecular weight excluding hydrogens is 264 g/mol. The number of hydrogen-bond acceptors (Lipinski definition) is 0. The second kappa shape index (κ2) is 5.61. The van der Waals surface area contributed by atoms with Gasteiger partial charge in [-0.1, -0.05) is 67.1 Å². The van der Waals surface area contributed by atoms with E-state index in [0.29, 0.717) is 5.92 Å². The van der Waals surface area contributed by atoms with Crippen molar-refractivity contribution in [2.75, 3.05) is 0 Å². The van der Waals surface area contributed by atoms with Crippen molar-refractivity contribution in [2.24, 2.45) is 0 Å². The highest BCUT2D eigenvalue weighted by molar-refractivity contribution is 6.00. The van der Waals surface area contributed by atoms with Crippen molar-refractivity contribution in [3.8, 4) is 0 Å². The van der Waals surface area contributed by atoms with Crippen molar-refractivity contribution in [1.29, 1.82) is 0 Å². The van der Waals surface area contributed by atoms with Crippen molar-refractivity contribution in [3.63, 3.8) is 0 Å². The molecule has 1 atom stereocenters. The Morgan fingerprint density at radius 1 is 1.09 bits per heavy atom. The lowest BCUT2D eigenvalue weighted by Gasteiger charge is -2.16. The summed E-state index contributed by atoms with van der Waals surface area (Å²) in [6.07, 6.45) is 1.11. The molecule has 0 radical (unpaired) electrons. The molecule has 2 aromatic rings. The highest BCUT2D eigenvalue weighted by Crippen LogP contribution is 2.46. The lowest BCUT2D eigenvalue weighted by molar-refractivity contribution is 0.828. The van der Waals surface area contributed by atoms with E-state index in [1.807, 2.05) is 0 Å². The summed E-state index contributed by atoms with van der Waals surface area (Å²) in [4.78, 5) is 0. The molecule has 1 aliphatic rings. The zero-order valence-corrected chi connectivity index (χ0v) is 14.0. The van der Waals surface area contributed by atoms with E-state index in [1.54, 1.807) is 0 Å². The Balaban J connectivity index is 2.27. The first-order valence-electron chi connectivity index (χ1n) is 8.05. The van der Waals surface area contributed by atoms with Crippen molar-refractivity contribution >= 4 is 11.1 Å². The summed E-state index contributed by atoms with van der Waals surface area (Å²) >= 11 is 0. The maximum atomic E-state index is 4.28. The fourth-order valence-corrected chi connectivity index (χ4v) is 3.71. The van der Waals surface area contributed by atoms with Crippen LogP contribution in [0.25, 0.3) is 11.1 Å². The molecule has 0 nitrogen and oxygen atoms in total. The van der Waals surface area contributed by atoms with E-state index >= 15 is 0 Å². The van der Waals surface area contributed by atoms with Crippen LogP contribution in [0, 0.1) is 13.8 Å².